The lowest BCUT2D eigenvalue weighted by molar-refractivity contribution is -0.121. The third-order valence-corrected chi connectivity index (χ3v) is 5.33. The summed E-state index contributed by atoms with van der Waals surface area (Å²) < 4.78 is 25.4. The van der Waals surface area contributed by atoms with Crippen LogP contribution in [0.5, 0.6) is 0 Å². The Morgan fingerprint density at radius 2 is 1.73 bits per heavy atom. The standard InChI is InChI=1S/C20H26N2O3S/c1-17-7-6-10-19(15-17)16-22(26(2,24)25)14-12-20(23)21-13-11-18-8-4-3-5-9-18/h3-10,15H,11-14,16H2,1-2H3,(H,21,23). The van der Waals surface area contributed by atoms with Gasteiger partial charge in [0, 0.05) is 26.1 Å². The number of rotatable bonds is 9. The van der Waals surface area contributed by atoms with Crippen LogP contribution >= 0.6 is 0 Å². The molecule has 1 N–H and O–H groups in total. The molecule has 1 amide bonds. The molecule has 0 heterocycles. The number of sulfonamides is 1. The number of benzene rings is 2. The maximum atomic E-state index is 12.0. The van der Waals surface area contributed by atoms with Crippen molar-refractivity contribution in [2.75, 3.05) is 19.3 Å². The number of hydrogen-bond donors (Lipinski definition) is 1. The zero-order chi connectivity index (χ0) is 19.0. The van der Waals surface area contributed by atoms with Crippen LogP contribution in [0.2, 0.25) is 0 Å². The first kappa shape index (κ1) is 20.1. The van der Waals surface area contributed by atoms with Crippen molar-refractivity contribution in [3.05, 3.63) is 71.3 Å². The quantitative estimate of drug-likeness (QED) is 0.733. The third kappa shape index (κ3) is 6.98. The molecular formula is C20H26N2O3S. The van der Waals surface area contributed by atoms with Gasteiger partial charge in [0.1, 0.15) is 0 Å². The summed E-state index contributed by atoms with van der Waals surface area (Å²) in [5.41, 5.74) is 3.15. The van der Waals surface area contributed by atoms with E-state index in [4.69, 9.17) is 0 Å². The molecule has 0 bridgehead atoms. The highest BCUT2D eigenvalue weighted by atomic mass is 32.2. The maximum absolute atomic E-state index is 12.0. The zero-order valence-electron chi connectivity index (χ0n) is 15.3. The van der Waals surface area contributed by atoms with Crippen molar-refractivity contribution in [3.63, 3.8) is 0 Å². The topological polar surface area (TPSA) is 66.5 Å². The van der Waals surface area contributed by atoms with E-state index in [9.17, 15) is 13.2 Å². The highest BCUT2D eigenvalue weighted by Gasteiger charge is 2.18. The number of amides is 1. The van der Waals surface area contributed by atoms with Gasteiger partial charge < -0.3 is 5.32 Å². The third-order valence-electron chi connectivity index (χ3n) is 4.08. The van der Waals surface area contributed by atoms with E-state index in [0.29, 0.717) is 6.54 Å². The smallest absolute Gasteiger partial charge is 0.221 e. The van der Waals surface area contributed by atoms with E-state index in [2.05, 4.69) is 5.32 Å². The van der Waals surface area contributed by atoms with Gasteiger partial charge in [-0.05, 0) is 24.5 Å². The second-order valence-electron chi connectivity index (χ2n) is 6.42. The first-order chi connectivity index (χ1) is 12.3. The largest absolute Gasteiger partial charge is 0.356 e. The fourth-order valence-electron chi connectivity index (χ4n) is 2.68. The van der Waals surface area contributed by atoms with E-state index in [0.717, 1.165) is 23.1 Å². The minimum Gasteiger partial charge on any atom is -0.356 e. The van der Waals surface area contributed by atoms with E-state index in [1.807, 2.05) is 61.5 Å². The summed E-state index contributed by atoms with van der Waals surface area (Å²) in [5, 5.41) is 2.85. The second-order valence-corrected chi connectivity index (χ2v) is 8.40. The molecule has 140 valence electrons. The Balaban J connectivity index is 1.83. The first-order valence-corrected chi connectivity index (χ1v) is 10.5. The average Bonchev–Trinajstić information content (AvgIpc) is 2.58. The van der Waals surface area contributed by atoms with Gasteiger partial charge in [-0.2, -0.15) is 4.31 Å². The van der Waals surface area contributed by atoms with Crippen LogP contribution in [0.4, 0.5) is 0 Å². The summed E-state index contributed by atoms with van der Waals surface area (Å²) in [4.78, 5) is 12.0. The molecule has 2 aromatic carbocycles. The molecule has 0 spiro atoms. The molecule has 5 nitrogen and oxygen atoms in total. The molecule has 2 aromatic rings. The number of nitrogens with one attached hydrogen (secondary N) is 1. The van der Waals surface area contributed by atoms with Crippen LogP contribution in [-0.4, -0.2) is 38.0 Å². The van der Waals surface area contributed by atoms with Crippen LogP contribution in [0.1, 0.15) is 23.1 Å². The minimum atomic E-state index is -3.38. The molecule has 6 heteroatoms. The van der Waals surface area contributed by atoms with Gasteiger partial charge in [-0.25, -0.2) is 8.42 Å². The summed E-state index contributed by atoms with van der Waals surface area (Å²) in [6.07, 6.45) is 2.08. The lowest BCUT2D eigenvalue weighted by atomic mass is 10.1. The van der Waals surface area contributed by atoms with Crippen LogP contribution in [0.3, 0.4) is 0 Å². The van der Waals surface area contributed by atoms with E-state index in [-0.39, 0.29) is 25.4 Å². The summed E-state index contributed by atoms with van der Waals surface area (Å²) in [7, 11) is -3.38. The normalized spacial score (nSPS) is 11.5. The number of carbonyl (C=O) groups is 1. The molecule has 0 fully saturated rings. The Labute approximate surface area is 156 Å². The van der Waals surface area contributed by atoms with Gasteiger partial charge in [0.05, 0.1) is 6.26 Å². The van der Waals surface area contributed by atoms with Crippen molar-refractivity contribution in [1.82, 2.24) is 9.62 Å². The molecule has 0 aliphatic heterocycles. The zero-order valence-corrected chi connectivity index (χ0v) is 16.1. The van der Waals surface area contributed by atoms with Gasteiger partial charge in [-0.3, -0.25) is 4.79 Å². The van der Waals surface area contributed by atoms with E-state index < -0.39 is 10.0 Å². The van der Waals surface area contributed by atoms with Crippen LogP contribution in [0.15, 0.2) is 54.6 Å². The van der Waals surface area contributed by atoms with Crippen LogP contribution in [0.25, 0.3) is 0 Å². The molecule has 0 saturated carbocycles. The summed E-state index contributed by atoms with van der Waals surface area (Å²) >= 11 is 0. The summed E-state index contributed by atoms with van der Waals surface area (Å²) in [5.74, 6) is -0.140. The Morgan fingerprint density at radius 3 is 2.38 bits per heavy atom. The first-order valence-electron chi connectivity index (χ1n) is 8.66. The van der Waals surface area contributed by atoms with Gasteiger partial charge in [0.25, 0.3) is 0 Å². The molecule has 0 atom stereocenters. The van der Waals surface area contributed by atoms with Crippen molar-refractivity contribution >= 4 is 15.9 Å². The van der Waals surface area contributed by atoms with Gasteiger partial charge in [-0.15, -0.1) is 0 Å². The van der Waals surface area contributed by atoms with Crippen molar-refractivity contribution in [2.24, 2.45) is 0 Å². The lowest BCUT2D eigenvalue weighted by Crippen LogP contribution is -2.34. The summed E-state index contributed by atoms with van der Waals surface area (Å²) in [6.45, 7) is 2.95. The maximum Gasteiger partial charge on any atom is 0.221 e. The van der Waals surface area contributed by atoms with Gasteiger partial charge in [0.15, 0.2) is 0 Å². The number of hydrogen-bond acceptors (Lipinski definition) is 3. The second kappa shape index (κ2) is 9.50. The number of nitrogens with zero attached hydrogens (tertiary/aromatic N) is 1. The summed E-state index contributed by atoms with van der Waals surface area (Å²) in [6, 6.07) is 17.6. The van der Waals surface area contributed by atoms with E-state index in [1.165, 1.54) is 10.6 Å². The van der Waals surface area contributed by atoms with Gasteiger partial charge in [0.2, 0.25) is 15.9 Å². The van der Waals surface area contributed by atoms with Crippen LogP contribution < -0.4 is 5.32 Å². The number of aryl methyl sites for hydroxylation is 1. The van der Waals surface area contributed by atoms with Crippen LogP contribution in [0, 0.1) is 6.92 Å². The van der Waals surface area contributed by atoms with Crippen molar-refractivity contribution in [3.8, 4) is 0 Å². The molecule has 0 aromatic heterocycles. The van der Waals surface area contributed by atoms with Gasteiger partial charge >= 0.3 is 0 Å². The SMILES string of the molecule is Cc1cccc(CN(CCC(=O)NCCc2ccccc2)S(C)(=O)=O)c1. The monoisotopic (exact) mass is 374 g/mol. The fraction of sp³-hybridized carbons (Fsp3) is 0.350. The highest BCUT2D eigenvalue weighted by molar-refractivity contribution is 7.88. The predicted octanol–water partition coefficient (Wildman–Crippen LogP) is 2.51. The Bertz CT molecular complexity index is 820. The van der Waals surface area contributed by atoms with Crippen LogP contribution in [-0.2, 0) is 27.8 Å². The molecule has 2 rings (SSSR count). The lowest BCUT2D eigenvalue weighted by Gasteiger charge is -2.20. The Morgan fingerprint density at radius 1 is 1.04 bits per heavy atom. The molecular weight excluding hydrogens is 348 g/mol. The highest BCUT2D eigenvalue weighted by Crippen LogP contribution is 2.11. The molecule has 0 radical (unpaired) electrons. The van der Waals surface area contributed by atoms with E-state index in [1.54, 1.807) is 0 Å². The average molecular weight is 375 g/mol. The molecule has 0 saturated heterocycles. The predicted molar refractivity (Wildman–Crippen MR) is 104 cm³/mol. The fourth-order valence-corrected chi connectivity index (χ4v) is 3.49. The molecule has 0 unspecified atom stereocenters. The molecule has 26 heavy (non-hydrogen) atoms. The van der Waals surface area contributed by atoms with Crippen molar-refractivity contribution in [1.29, 1.82) is 0 Å². The Kier molecular flexibility index (Phi) is 7.36. The Hall–Kier alpha value is -2.18. The molecule has 0 aliphatic rings. The van der Waals surface area contributed by atoms with Gasteiger partial charge in [-0.1, -0.05) is 60.2 Å². The minimum absolute atomic E-state index is 0.140. The van der Waals surface area contributed by atoms with Crippen molar-refractivity contribution < 1.29 is 13.2 Å². The molecule has 0 aliphatic carbocycles. The van der Waals surface area contributed by atoms with E-state index >= 15 is 0 Å². The number of carbonyl (C=O) groups excluding carboxylic acids is 1. The van der Waals surface area contributed by atoms with Crippen molar-refractivity contribution in [2.45, 2.75) is 26.3 Å².